The van der Waals surface area contributed by atoms with Crippen molar-refractivity contribution in [2.24, 2.45) is 5.73 Å². The van der Waals surface area contributed by atoms with Gasteiger partial charge in [-0.25, -0.2) is 4.68 Å². The molecule has 0 atom stereocenters. The van der Waals surface area contributed by atoms with Crippen molar-refractivity contribution in [2.45, 2.75) is 48.3 Å². The van der Waals surface area contributed by atoms with Crippen molar-refractivity contribution in [3.05, 3.63) is 28.8 Å². The van der Waals surface area contributed by atoms with Crippen LogP contribution in [0.15, 0.2) is 28.3 Å². The lowest BCUT2D eigenvalue weighted by atomic mass is 10.2. The van der Waals surface area contributed by atoms with Crippen molar-refractivity contribution in [2.75, 3.05) is 0 Å². The molecule has 106 valence electrons. The third-order valence-electron chi connectivity index (χ3n) is 3.59. The van der Waals surface area contributed by atoms with Crippen LogP contribution in [0.1, 0.15) is 37.3 Å². The zero-order valence-electron chi connectivity index (χ0n) is 11.0. The molecule has 1 aliphatic rings. The van der Waals surface area contributed by atoms with Crippen molar-refractivity contribution >= 4 is 23.4 Å². The van der Waals surface area contributed by atoms with E-state index in [4.69, 9.17) is 17.3 Å². The average molecular weight is 310 g/mol. The van der Waals surface area contributed by atoms with Gasteiger partial charge in [0.05, 0.1) is 11.1 Å². The monoisotopic (exact) mass is 309 g/mol. The Morgan fingerprint density at radius 1 is 1.35 bits per heavy atom. The Bertz CT molecular complexity index is 594. The first-order valence-corrected chi connectivity index (χ1v) is 7.92. The predicted octanol–water partition coefficient (Wildman–Crippen LogP) is 3.05. The molecule has 1 aromatic carbocycles. The molecule has 3 rings (SSSR count). The van der Waals surface area contributed by atoms with Crippen LogP contribution in [0.3, 0.4) is 0 Å². The normalized spacial score (nSPS) is 15.9. The highest BCUT2D eigenvalue weighted by molar-refractivity contribution is 7.99. The topological polar surface area (TPSA) is 69.6 Å². The molecule has 0 unspecified atom stereocenters. The summed E-state index contributed by atoms with van der Waals surface area (Å²) < 4.78 is 1.93. The molecule has 0 radical (unpaired) electrons. The molecule has 7 heteroatoms. The third-order valence-corrected chi connectivity index (χ3v) is 5.16. The van der Waals surface area contributed by atoms with Crippen LogP contribution in [-0.2, 0) is 6.54 Å². The predicted molar refractivity (Wildman–Crippen MR) is 78.8 cm³/mol. The van der Waals surface area contributed by atoms with Gasteiger partial charge in [-0.2, -0.15) is 0 Å². The Morgan fingerprint density at radius 2 is 2.15 bits per heavy atom. The number of nitrogens with two attached hydrogens (primary N) is 1. The first-order chi connectivity index (χ1) is 9.79. The lowest BCUT2D eigenvalue weighted by molar-refractivity contribution is 0.423. The smallest absolute Gasteiger partial charge is 0.214 e. The summed E-state index contributed by atoms with van der Waals surface area (Å²) in [4.78, 5) is 0.950. The molecular weight excluding hydrogens is 294 g/mol. The van der Waals surface area contributed by atoms with Crippen molar-refractivity contribution in [3.8, 4) is 0 Å². The molecule has 1 aromatic heterocycles. The number of aromatic nitrogens is 4. The molecule has 2 N–H and O–H groups in total. The van der Waals surface area contributed by atoms with Gasteiger partial charge in [0, 0.05) is 11.4 Å². The van der Waals surface area contributed by atoms with E-state index in [1.807, 2.05) is 22.9 Å². The molecule has 0 saturated heterocycles. The highest BCUT2D eigenvalue weighted by Crippen LogP contribution is 2.37. The van der Waals surface area contributed by atoms with Crippen molar-refractivity contribution in [1.82, 2.24) is 20.2 Å². The zero-order valence-corrected chi connectivity index (χ0v) is 12.6. The molecule has 0 amide bonds. The van der Waals surface area contributed by atoms with E-state index >= 15 is 0 Å². The maximum Gasteiger partial charge on any atom is 0.214 e. The van der Waals surface area contributed by atoms with Gasteiger partial charge in [-0.3, -0.25) is 0 Å². The molecule has 20 heavy (non-hydrogen) atoms. The number of rotatable bonds is 4. The van der Waals surface area contributed by atoms with E-state index in [9.17, 15) is 0 Å². The molecule has 1 saturated carbocycles. The molecule has 1 fully saturated rings. The van der Waals surface area contributed by atoms with E-state index in [2.05, 4.69) is 15.5 Å². The molecule has 2 aromatic rings. The second-order valence-electron chi connectivity index (χ2n) is 4.88. The van der Waals surface area contributed by atoms with Crippen LogP contribution in [0.2, 0.25) is 5.02 Å². The number of hydrogen-bond donors (Lipinski definition) is 1. The maximum absolute atomic E-state index is 6.28. The lowest BCUT2D eigenvalue weighted by Gasteiger charge is -2.12. The Hall–Kier alpha value is -1.11. The van der Waals surface area contributed by atoms with Crippen LogP contribution in [0.4, 0.5) is 0 Å². The van der Waals surface area contributed by atoms with Crippen LogP contribution in [0.25, 0.3) is 0 Å². The molecular formula is C13H16ClN5S. The summed E-state index contributed by atoms with van der Waals surface area (Å²) in [5.74, 6) is 0. The second kappa shape index (κ2) is 6.11. The van der Waals surface area contributed by atoms with Gasteiger partial charge < -0.3 is 5.73 Å². The van der Waals surface area contributed by atoms with E-state index < -0.39 is 0 Å². The van der Waals surface area contributed by atoms with Crippen molar-refractivity contribution in [1.29, 1.82) is 0 Å². The van der Waals surface area contributed by atoms with Gasteiger partial charge in [0.25, 0.3) is 0 Å². The van der Waals surface area contributed by atoms with Gasteiger partial charge in [0.1, 0.15) is 0 Å². The van der Waals surface area contributed by atoms with Gasteiger partial charge in [0.15, 0.2) is 0 Å². The fraction of sp³-hybridized carbons (Fsp3) is 0.462. The van der Waals surface area contributed by atoms with E-state index in [0.717, 1.165) is 28.5 Å². The molecule has 0 bridgehead atoms. The van der Waals surface area contributed by atoms with Crippen molar-refractivity contribution in [3.63, 3.8) is 0 Å². The number of nitrogens with zero attached hydrogens (tertiary/aromatic N) is 4. The molecule has 1 heterocycles. The Kier molecular flexibility index (Phi) is 4.24. The van der Waals surface area contributed by atoms with Crippen LogP contribution in [0.5, 0.6) is 0 Å². The fourth-order valence-electron chi connectivity index (χ4n) is 2.55. The quantitative estimate of drug-likeness (QED) is 0.940. The summed E-state index contributed by atoms with van der Waals surface area (Å²) >= 11 is 7.78. The van der Waals surface area contributed by atoms with Crippen LogP contribution < -0.4 is 5.73 Å². The minimum Gasteiger partial charge on any atom is -0.326 e. The summed E-state index contributed by atoms with van der Waals surface area (Å²) in [6.45, 7) is 0.452. The standard InChI is InChI=1S/C13H16ClN5S/c14-11-7-3-4-9(8-15)12(11)20-13-16-17-18-19(13)10-5-1-2-6-10/h3-4,7,10H,1-2,5-6,8,15H2. The van der Waals surface area contributed by atoms with Crippen molar-refractivity contribution < 1.29 is 0 Å². The first-order valence-electron chi connectivity index (χ1n) is 6.72. The SMILES string of the molecule is NCc1cccc(Cl)c1Sc1nnnn1C1CCCC1. The number of tetrazole rings is 1. The first kappa shape index (κ1) is 13.9. The van der Waals surface area contributed by atoms with E-state index in [-0.39, 0.29) is 0 Å². The lowest BCUT2D eigenvalue weighted by Crippen LogP contribution is -2.08. The largest absolute Gasteiger partial charge is 0.326 e. The average Bonchev–Trinajstić information content (AvgIpc) is 3.11. The van der Waals surface area contributed by atoms with Gasteiger partial charge in [-0.05, 0) is 46.7 Å². The summed E-state index contributed by atoms with van der Waals surface area (Å²) in [7, 11) is 0. The molecule has 0 spiro atoms. The van der Waals surface area contributed by atoms with Gasteiger partial charge in [0.2, 0.25) is 5.16 Å². The van der Waals surface area contributed by atoms with Gasteiger partial charge in [-0.1, -0.05) is 36.6 Å². The molecule has 1 aliphatic carbocycles. The van der Waals surface area contributed by atoms with Crippen LogP contribution >= 0.6 is 23.4 Å². The summed E-state index contributed by atoms with van der Waals surface area (Å²) in [6.07, 6.45) is 4.78. The minimum absolute atomic E-state index is 0.413. The fourth-order valence-corrected chi connectivity index (χ4v) is 3.85. The molecule has 0 aliphatic heterocycles. The summed E-state index contributed by atoms with van der Waals surface area (Å²) in [5, 5.41) is 13.6. The Morgan fingerprint density at radius 3 is 2.90 bits per heavy atom. The minimum atomic E-state index is 0.413. The van der Waals surface area contributed by atoms with E-state index in [1.165, 1.54) is 24.6 Å². The number of halogens is 1. The second-order valence-corrected chi connectivity index (χ2v) is 6.26. The number of benzene rings is 1. The van der Waals surface area contributed by atoms with Gasteiger partial charge >= 0.3 is 0 Å². The van der Waals surface area contributed by atoms with E-state index in [0.29, 0.717) is 17.6 Å². The zero-order chi connectivity index (χ0) is 13.9. The van der Waals surface area contributed by atoms with E-state index in [1.54, 1.807) is 0 Å². The Balaban J connectivity index is 1.90. The number of hydrogen-bond acceptors (Lipinski definition) is 5. The highest BCUT2D eigenvalue weighted by atomic mass is 35.5. The third kappa shape index (κ3) is 2.68. The summed E-state index contributed by atoms with van der Waals surface area (Å²) in [6, 6.07) is 6.18. The summed E-state index contributed by atoms with van der Waals surface area (Å²) in [5.41, 5.74) is 6.80. The maximum atomic E-state index is 6.28. The van der Waals surface area contributed by atoms with Crippen LogP contribution in [0, 0.1) is 0 Å². The van der Waals surface area contributed by atoms with Gasteiger partial charge in [-0.15, -0.1) is 5.10 Å². The molecule has 5 nitrogen and oxygen atoms in total. The Labute approximate surface area is 126 Å². The highest BCUT2D eigenvalue weighted by Gasteiger charge is 2.22. The van der Waals surface area contributed by atoms with Crippen LogP contribution in [-0.4, -0.2) is 20.2 Å².